The van der Waals surface area contributed by atoms with Crippen molar-refractivity contribution >= 4 is 50.6 Å². The molecule has 0 aliphatic heterocycles. The number of carbonyl (C=O) groups is 2. The van der Waals surface area contributed by atoms with E-state index in [1.54, 1.807) is 12.1 Å². The number of carboxylic acids is 1. The van der Waals surface area contributed by atoms with Crippen LogP contribution >= 0.6 is 0 Å². The molecule has 6 rings (SSSR count). The molecule has 6 aromatic carbocycles. The van der Waals surface area contributed by atoms with E-state index in [0.717, 1.165) is 10.5 Å². The van der Waals surface area contributed by atoms with Crippen LogP contribution in [0.5, 0.6) is 0 Å². The number of aryl methyl sites for hydroxylation is 1. The molecule has 1 atom stereocenters. The van der Waals surface area contributed by atoms with E-state index in [2.05, 4.69) is 0 Å². The average molecular weight is 1160 g/mol. The molecule has 1 N–H and O–H groups in total. The molecule has 29 heteroatoms. The highest BCUT2D eigenvalue weighted by Gasteiger charge is 2.47. The average Bonchev–Trinajstić information content (AvgIpc) is 3.29. The van der Waals surface area contributed by atoms with Crippen molar-refractivity contribution in [2.45, 2.75) is 61.2 Å². The van der Waals surface area contributed by atoms with Crippen LogP contribution in [0, 0.1) is 6.92 Å². The molecule has 0 heterocycles. The highest BCUT2D eigenvalue weighted by atomic mass is 32.2. The molecule has 0 amide bonds. The van der Waals surface area contributed by atoms with E-state index in [4.69, 9.17) is 5.11 Å². The number of carboxylic acid groups (broad SMARTS) is 1. The summed E-state index contributed by atoms with van der Waals surface area (Å²) < 4.78 is 341. The molecule has 78 heavy (non-hydrogen) atoms. The van der Waals surface area contributed by atoms with Crippen molar-refractivity contribution in [2.75, 3.05) is 11.5 Å². The van der Waals surface area contributed by atoms with Gasteiger partial charge in [0.05, 0.1) is 44.5 Å². The summed E-state index contributed by atoms with van der Waals surface area (Å²) in [5.41, 5.74) is -28.5. The number of halogens is 24. The number of benzene rings is 6. The topological polar surface area (TPSA) is 54.4 Å². The van der Waals surface area contributed by atoms with E-state index in [0.29, 0.717) is 5.56 Å². The smallest absolute Gasteiger partial charge is 0.416 e. The van der Waals surface area contributed by atoms with Gasteiger partial charge in [-0.05, 0) is 48.9 Å². The number of hydrogen-bond donors (Lipinski definition) is 1. The van der Waals surface area contributed by atoms with E-state index in [1.807, 2.05) is 49.4 Å². The van der Waals surface area contributed by atoms with Gasteiger partial charge < -0.3 is 5.11 Å². The summed E-state index contributed by atoms with van der Waals surface area (Å²) in [7, 11) is -0.608. The lowest BCUT2D eigenvalue weighted by Gasteiger charge is -2.46. The van der Waals surface area contributed by atoms with Gasteiger partial charge in [0.2, 0.25) is 11.5 Å². The summed E-state index contributed by atoms with van der Waals surface area (Å²) in [5.74, 6) is -0.663. The first-order valence-electron chi connectivity index (χ1n) is 21.2. The number of Topliss-reactive ketones (excluding diaryl/α,β-unsaturated/α-hetero) is 1. The molecule has 6 aromatic rings. The lowest BCUT2D eigenvalue weighted by atomic mass is 9.12. The Morgan fingerprint density at radius 2 is 0.641 bits per heavy atom. The largest absolute Gasteiger partial charge is 0.478 e. The first-order chi connectivity index (χ1) is 35.3. The van der Waals surface area contributed by atoms with Crippen LogP contribution in [-0.2, 0) is 65.1 Å². The fraction of sp³-hybridized carbons (Fsp3) is 0.224. The first-order valence-corrected chi connectivity index (χ1v) is 22.8. The Balaban J connectivity index is 0.000000443. The van der Waals surface area contributed by atoms with E-state index < -0.39 is 212 Å². The number of aliphatic carboxylic acids is 1. The van der Waals surface area contributed by atoms with Gasteiger partial charge in [-0.3, -0.25) is 4.79 Å². The van der Waals surface area contributed by atoms with Gasteiger partial charge in [0.25, 0.3) is 0 Å². The number of rotatable bonds is 10. The highest BCUT2D eigenvalue weighted by Crippen LogP contribution is 2.41. The molecule has 0 saturated heterocycles. The van der Waals surface area contributed by atoms with Gasteiger partial charge in [-0.15, -0.1) is 0 Å². The normalized spacial score (nSPS) is 13.7. The Kier molecular flexibility index (Phi) is 17.3. The van der Waals surface area contributed by atoms with Crippen molar-refractivity contribution in [3.8, 4) is 0 Å². The van der Waals surface area contributed by atoms with Crippen molar-refractivity contribution < 1.29 is 120 Å². The van der Waals surface area contributed by atoms with Crippen LogP contribution in [0.4, 0.5) is 105 Å². The molecule has 3 nitrogen and oxygen atoms in total. The predicted molar refractivity (Wildman–Crippen MR) is 235 cm³/mol. The third kappa shape index (κ3) is 14.9. The molecule has 0 aromatic heterocycles. The van der Waals surface area contributed by atoms with Crippen LogP contribution in [0.15, 0.2) is 132 Å². The molecule has 0 saturated carbocycles. The predicted octanol–water partition coefficient (Wildman–Crippen LogP) is 14.2. The Morgan fingerprint density at radius 3 is 0.872 bits per heavy atom. The maximum absolute atomic E-state index is 14.2. The SMILES string of the molecule is Cc1cccc([S+](CC(=O)O)CC(=O)c2ccccc2)c1.FC(F)(F)c1cc([B-](c2cc(C(F)(F)F)cc(C(F)(F)F)c2)(c2cc(C(F)(F)F)cc(C(F)(F)F)c2)c2cc(C(F)(F)F)cc(C(F)(F)F)c2)cc(C(F)(F)F)c1. The lowest BCUT2D eigenvalue weighted by Crippen LogP contribution is -2.75. The summed E-state index contributed by atoms with van der Waals surface area (Å²) in [5, 5.41) is 9.09. The second-order valence-corrected chi connectivity index (χ2v) is 19.0. The Labute approximate surface area is 425 Å². The van der Waals surface area contributed by atoms with Gasteiger partial charge in [-0.2, -0.15) is 127 Å². The second kappa shape index (κ2) is 21.8. The summed E-state index contributed by atoms with van der Waals surface area (Å²) in [6, 6.07) is 7.93. The van der Waals surface area contributed by atoms with Gasteiger partial charge in [0.15, 0.2) is 10.6 Å². The van der Waals surface area contributed by atoms with E-state index in [9.17, 15) is 115 Å². The third-order valence-electron chi connectivity index (χ3n) is 11.5. The number of hydrogen-bond acceptors (Lipinski definition) is 2. The van der Waals surface area contributed by atoms with Gasteiger partial charge in [0, 0.05) is 16.5 Å². The van der Waals surface area contributed by atoms with Gasteiger partial charge >= 0.3 is 55.4 Å². The van der Waals surface area contributed by atoms with Crippen molar-refractivity contribution in [2.24, 2.45) is 0 Å². The maximum atomic E-state index is 14.2. The monoisotopic (exact) mass is 1160 g/mol. The van der Waals surface area contributed by atoms with Gasteiger partial charge in [-0.1, -0.05) is 91.0 Å². The molecule has 0 bridgehead atoms. The van der Waals surface area contributed by atoms with Crippen LogP contribution in [0.25, 0.3) is 0 Å². The second-order valence-electron chi connectivity index (χ2n) is 17.0. The highest BCUT2D eigenvalue weighted by molar-refractivity contribution is 7.98. The van der Waals surface area contributed by atoms with E-state index >= 15 is 0 Å². The molecule has 0 radical (unpaired) electrons. The summed E-state index contributed by atoms with van der Waals surface area (Å²) in [6.45, 7) is 1.96. The third-order valence-corrected chi connectivity index (χ3v) is 13.6. The van der Waals surface area contributed by atoms with Crippen molar-refractivity contribution in [1.29, 1.82) is 0 Å². The van der Waals surface area contributed by atoms with Crippen LogP contribution < -0.4 is 21.9 Å². The molecule has 0 spiro atoms. The van der Waals surface area contributed by atoms with Crippen molar-refractivity contribution in [3.05, 3.63) is 183 Å². The fourth-order valence-electron chi connectivity index (χ4n) is 8.10. The molecule has 1 unspecified atom stereocenters. The Hall–Kier alpha value is -6.81. The van der Waals surface area contributed by atoms with Crippen LogP contribution in [0.2, 0.25) is 0 Å². The standard InChI is InChI=1S/C32H12BF24.C17H16O3S/c34-25(35,36)13-1-14(26(37,38)39)6-21(5-13)33(22-7-15(27(40,41)42)2-16(8-22)28(43,44)45,23-9-17(29(46,47)48)3-18(10-23)30(49,50)51)24-11-19(31(52,53)54)4-20(12-24)32(55,56)57;1-13-6-5-9-15(10-13)21(12-17(19)20)11-16(18)14-7-3-2-4-8-14/h1-12H;2-10H,11-12H2,1H3/q-1;/p+1. The number of alkyl halides is 24. The molecule has 0 aliphatic carbocycles. The zero-order valence-electron chi connectivity index (χ0n) is 38.4. The van der Waals surface area contributed by atoms with Crippen LogP contribution in [-0.4, -0.2) is 34.5 Å². The first kappa shape index (κ1) is 62.0. The molecule has 0 aliphatic rings. The van der Waals surface area contributed by atoms with E-state index in [1.165, 1.54) is 0 Å². The van der Waals surface area contributed by atoms with Crippen molar-refractivity contribution in [3.63, 3.8) is 0 Å². The summed E-state index contributed by atoms with van der Waals surface area (Å²) in [6.07, 6.45) is -54.8. The van der Waals surface area contributed by atoms with Gasteiger partial charge in [-0.25, -0.2) is 4.79 Å². The van der Waals surface area contributed by atoms with Crippen molar-refractivity contribution in [1.82, 2.24) is 0 Å². The minimum absolute atomic E-state index is 0.0119. The molecular formula is C49H29BF24O3S. The maximum Gasteiger partial charge on any atom is 0.416 e. The number of ketones is 1. The Bertz CT molecular complexity index is 2710. The van der Waals surface area contributed by atoms with E-state index in [-0.39, 0.29) is 17.3 Å². The molecule has 0 fully saturated rings. The minimum Gasteiger partial charge on any atom is -0.478 e. The minimum atomic E-state index is -6.13. The summed E-state index contributed by atoms with van der Waals surface area (Å²) in [4.78, 5) is 24.3. The fourth-order valence-corrected chi connectivity index (χ4v) is 9.94. The van der Waals surface area contributed by atoms with Gasteiger partial charge in [0.1, 0.15) is 6.15 Å². The zero-order valence-corrected chi connectivity index (χ0v) is 39.2. The lowest BCUT2D eigenvalue weighted by molar-refractivity contribution is -0.144. The summed E-state index contributed by atoms with van der Waals surface area (Å²) >= 11 is 0. The quantitative estimate of drug-likeness (QED) is 0.0644. The molecular weight excluding hydrogens is 1140 g/mol. The van der Waals surface area contributed by atoms with Crippen LogP contribution in [0.3, 0.4) is 0 Å². The number of carbonyl (C=O) groups excluding carboxylic acids is 1. The Morgan fingerprint density at radius 1 is 0.372 bits per heavy atom. The van der Waals surface area contributed by atoms with Crippen LogP contribution in [0.1, 0.15) is 60.4 Å². The zero-order chi connectivity index (χ0) is 59.2. The molecule has 420 valence electrons.